The van der Waals surface area contributed by atoms with Crippen molar-refractivity contribution in [3.63, 3.8) is 0 Å². The molecule has 0 radical (unpaired) electrons. The second kappa shape index (κ2) is 13.2. The molecule has 0 aliphatic heterocycles. The molecule has 0 saturated carbocycles. The van der Waals surface area contributed by atoms with Crippen molar-refractivity contribution in [1.29, 1.82) is 0 Å². The highest BCUT2D eigenvalue weighted by atomic mass is 31.2. The Morgan fingerprint density at radius 3 is 1.74 bits per heavy atom. The lowest BCUT2D eigenvalue weighted by Gasteiger charge is -2.32. The van der Waals surface area contributed by atoms with Crippen LogP contribution in [0.25, 0.3) is 0 Å². The summed E-state index contributed by atoms with van der Waals surface area (Å²) >= 11 is 0. The molecular weight excluding hydrogens is 487 g/mol. The van der Waals surface area contributed by atoms with Crippen molar-refractivity contribution in [2.24, 2.45) is 5.41 Å². The number of allylic oxidation sites excluding steroid dienone is 10. The minimum absolute atomic E-state index is 0.278. The van der Waals surface area contributed by atoms with Crippen LogP contribution in [-0.4, -0.2) is 6.16 Å². The smallest absolute Gasteiger partial charge is 0.0696 e. The zero-order valence-electron chi connectivity index (χ0n) is 24.4. The van der Waals surface area contributed by atoms with E-state index in [-0.39, 0.29) is 5.41 Å². The molecule has 1 aliphatic carbocycles. The number of rotatable bonds is 9. The molecule has 0 spiro atoms. The third-order valence-corrected chi connectivity index (χ3v) is 12.3. The molecule has 1 heteroatoms. The molecule has 0 fully saturated rings. The van der Waals surface area contributed by atoms with E-state index in [1.165, 1.54) is 51.9 Å². The SMILES string of the molecule is CC(C=CC1=C(C)CCCC1(C)C)=CC=CC(C)=CC[P+](c1ccccc1)(c1ccccc1)c1ccccc1. The van der Waals surface area contributed by atoms with E-state index in [4.69, 9.17) is 0 Å². The molecule has 3 aromatic carbocycles. The predicted octanol–water partition coefficient (Wildman–Crippen LogP) is 9.51. The second-order valence-electron chi connectivity index (χ2n) is 11.5. The fourth-order valence-electron chi connectivity index (χ4n) is 5.79. The van der Waals surface area contributed by atoms with Crippen molar-refractivity contribution in [3.05, 3.63) is 150 Å². The molecule has 0 N–H and O–H groups in total. The first-order valence-electron chi connectivity index (χ1n) is 14.3. The van der Waals surface area contributed by atoms with E-state index in [1.54, 1.807) is 5.57 Å². The molecule has 0 atom stereocenters. The highest BCUT2D eigenvalue weighted by Crippen LogP contribution is 2.55. The quantitative estimate of drug-likeness (QED) is 0.190. The fraction of sp³-hybridized carbons (Fsp3) is 0.263. The van der Waals surface area contributed by atoms with E-state index >= 15 is 0 Å². The Bertz CT molecular complexity index is 1270. The molecule has 3 aromatic rings. The zero-order chi connectivity index (χ0) is 27.7. The van der Waals surface area contributed by atoms with Gasteiger partial charge < -0.3 is 0 Å². The van der Waals surface area contributed by atoms with Crippen molar-refractivity contribution >= 4 is 23.2 Å². The van der Waals surface area contributed by atoms with Gasteiger partial charge in [0.05, 0.1) is 6.16 Å². The minimum atomic E-state index is -1.85. The van der Waals surface area contributed by atoms with E-state index in [0.717, 1.165) is 6.16 Å². The summed E-state index contributed by atoms with van der Waals surface area (Å²) in [5.74, 6) is 0. The van der Waals surface area contributed by atoms with Crippen LogP contribution in [0.5, 0.6) is 0 Å². The van der Waals surface area contributed by atoms with Gasteiger partial charge in [0.15, 0.2) is 0 Å². The first kappa shape index (κ1) is 28.8. The van der Waals surface area contributed by atoms with Gasteiger partial charge in [-0.3, -0.25) is 0 Å². The van der Waals surface area contributed by atoms with Gasteiger partial charge in [-0.15, -0.1) is 0 Å². The number of hydrogen-bond donors (Lipinski definition) is 0. The third-order valence-electron chi connectivity index (χ3n) is 8.05. The van der Waals surface area contributed by atoms with Crippen LogP contribution in [0, 0.1) is 5.41 Å². The average molecular weight is 532 g/mol. The van der Waals surface area contributed by atoms with Gasteiger partial charge in [0.2, 0.25) is 0 Å². The van der Waals surface area contributed by atoms with E-state index in [1.807, 2.05) is 0 Å². The van der Waals surface area contributed by atoms with Crippen molar-refractivity contribution in [3.8, 4) is 0 Å². The Balaban J connectivity index is 1.60. The summed E-state index contributed by atoms with van der Waals surface area (Å²) in [4.78, 5) is 0. The number of benzene rings is 3. The Labute approximate surface area is 237 Å². The molecule has 0 saturated heterocycles. The standard InChI is InChI=1S/C38H44P/c1-31(26-27-37-33(3)19-16-29-38(37,4)5)17-15-18-32(2)28-30-39(34-20-9-6-10-21-34,35-22-11-7-12-23-35)36-24-13-8-14-25-36/h6-15,17-18,20-28H,16,19,29-30H2,1-5H3/q+1. The summed E-state index contributed by atoms with van der Waals surface area (Å²) in [6.45, 7) is 11.5. The zero-order valence-corrected chi connectivity index (χ0v) is 25.3. The van der Waals surface area contributed by atoms with E-state index < -0.39 is 7.26 Å². The summed E-state index contributed by atoms with van der Waals surface area (Å²) in [6.07, 6.45) is 18.6. The van der Waals surface area contributed by atoms with Crippen LogP contribution in [0.4, 0.5) is 0 Å². The van der Waals surface area contributed by atoms with Gasteiger partial charge in [0.25, 0.3) is 0 Å². The summed E-state index contributed by atoms with van der Waals surface area (Å²) in [5.41, 5.74) is 5.92. The van der Waals surface area contributed by atoms with Crippen molar-refractivity contribution in [1.82, 2.24) is 0 Å². The molecule has 0 heterocycles. The predicted molar refractivity (Wildman–Crippen MR) is 176 cm³/mol. The van der Waals surface area contributed by atoms with Gasteiger partial charge >= 0.3 is 0 Å². The molecule has 0 bridgehead atoms. The summed E-state index contributed by atoms with van der Waals surface area (Å²) < 4.78 is 0. The molecule has 0 aromatic heterocycles. The van der Waals surface area contributed by atoms with Gasteiger partial charge in [-0.05, 0) is 93.5 Å². The Morgan fingerprint density at radius 1 is 0.744 bits per heavy atom. The molecule has 1 aliphatic rings. The molecule has 0 nitrogen and oxygen atoms in total. The first-order valence-corrected chi connectivity index (χ1v) is 16.3. The van der Waals surface area contributed by atoms with Crippen LogP contribution >= 0.6 is 7.26 Å². The lowest BCUT2D eigenvalue weighted by molar-refractivity contribution is 0.377. The Kier molecular flexibility index (Phi) is 9.77. The normalized spacial score (nSPS) is 16.8. The van der Waals surface area contributed by atoms with E-state index in [2.05, 4.69) is 162 Å². The summed E-state index contributed by atoms with van der Waals surface area (Å²) in [6, 6.07) is 33.3. The Hall–Kier alpha value is -3.21. The van der Waals surface area contributed by atoms with Gasteiger partial charge in [-0.2, -0.15) is 0 Å². The molecule has 39 heavy (non-hydrogen) atoms. The molecular formula is C38H44P+. The van der Waals surface area contributed by atoms with Crippen LogP contribution in [0.15, 0.2) is 150 Å². The van der Waals surface area contributed by atoms with Crippen LogP contribution in [0.1, 0.15) is 53.9 Å². The van der Waals surface area contributed by atoms with Crippen LogP contribution < -0.4 is 15.9 Å². The van der Waals surface area contributed by atoms with Crippen molar-refractivity contribution < 1.29 is 0 Å². The van der Waals surface area contributed by atoms with Crippen molar-refractivity contribution in [2.75, 3.05) is 6.16 Å². The maximum atomic E-state index is 2.44. The monoisotopic (exact) mass is 531 g/mol. The lowest BCUT2D eigenvalue weighted by Crippen LogP contribution is -2.33. The van der Waals surface area contributed by atoms with Crippen LogP contribution in [-0.2, 0) is 0 Å². The molecule has 4 rings (SSSR count). The van der Waals surface area contributed by atoms with Gasteiger partial charge in [0.1, 0.15) is 23.2 Å². The fourth-order valence-corrected chi connectivity index (χ4v) is 9.92. The van der Waals surface area contributed by atoms with Gasteiger partial charge in [-0.25, -0.2) is 0 Å². The molecule has 0 unspecified atom stereocenters. The summed E-state index contributed by atoms with van der Waals surface area (Å²) in [5, 5.41) is 4.27. The largest absolute Gasteiger partial charge is 0.115 e. The maximum absolute atomic E-state index is 2.44. The van der Waals surface area contributed by atoms with Gasteiger partial charge in [0, 0.05) is 0 Å². The lowest BCUT2D eigenvalue weighted by atomic mass is 9.72. The van der Waals surface area contributed by atoms with Crippen LogP contribution in [0.2, 0.25) is 0 Å². The molecule has 0 amide bonds. The highest BCUT2D eigenvalue weighted by molar-refractivity contribution is 7.95. The van der Waals surface area contributed by atoms with Crippen molar-refractivity contribution in [2.45, 2.75) is 53.9 Å². The number of hydrogen-bond acceptors (Lipinski definition) is 0. The summed E-state index contributed by atoms with van der Waals surface area (Å²) in [7, 11) is -1.85. The molecule has 200 valence electrons. The highest BCUT2D eigenvalue weighted by Gasteiger charge is 2.44. The van der Waals surface area contributed by atoms with E-state index in [9.17, 15) is 0 Å². The maximum Gasteiger partial charge on any atom is 0.115 e. The minimum Gasteiger partial charge on any atom is -0.0696 e. The Morgan fingerprint density at radius 2 is 1.26 bits per heavy atom. The second-order valence-corrected chi connectivity index (χ2v) is 15.0. The average Bonchev–Trinajstić information content (AvgIpc) is 2.94. The topological polar surface area (TPSA) is 0 Å². The van der Waals surface area contributed by atoms with E-state index in [0.29, 0.717) is 0 Å². The first-order chi connectivity index (χ1) is 18.8. The van der Waals surface area contributed by atoms with Gasteiger partial charge in [-0.1, -0.05) is 116 Å². The van der Waals surface area contributed by atoms with Crippen LogP contribution in [0.3, 0.4) is 0 Å². The third kappa shape index (κ3) is 7.06.